The number of benzene rings is 1. The molecule has 9 heteroatoms. The molecule has 0 atom stereocenters. The number of aromatic nitrogens is 2. The molecule has 1 saturated heterocycles. The average Bonchev–Trinajstić information content (AvgIpc) is 3.10. The van der Waals surface area contributed by atoms with Crippen LogP contribution in [0, 0.1) is 13.8 Å². The van der Waals surface area contributed by atoms with E-state index in [0.29, 0.717) is 66.3 Å². The zero-order valence-corrected chi connectivity index (χ0v) is 16.3. The minimum absolute atomic E-state index is 0.359. The van der Waals surface area contributed by atoms with Gasteiger partial charge in [-0.3, -0.25) is 0 Å². The number of hydrogen-bond acceptors (Lipinski definition) is 7. The number of rotatable bonds is 5. The predicted molar refractivity (Wildman–Crippen MR) is 97.1 cm³/mol. The summed E-state index contributed by atoms with van der Waals surface area (Å²) in [6.45, 7) is 7.31. The van der Waals surface area contributed by atoms with E-state index in [0.717, 1.165) is 0 Å². The molecular weight excluding hydrogens is 356 g/mol. The highest BCUT2D eigenvalue weighted by Crippen LogP contribution is 2.29. The number of nitrogens with zero attached hydrogens (tertiary/aromatic N) is 4. The first-order valence-corrected chi connectivity index (χ1v) is 10.0. The normalized spacial score (nSPS) is 16.1. The van der Waals surface area contributed by atoms with Crippen LogP contribution >= 0.6 is 0 Å². The predicted octanol–water partition coefficient (Wildman–Crippen LogP) is 1.77. The van der Waals surface area contributed by atoms with Gasteiger partial charge >= 0.3 is 6.01 Å². The van der Waals surface area contributed by atoms with Gasteiger partial charge in [0.15, 0.2) is 0 Å². The fourth-order valence-corrected chi connectivity index (χ4v) is 5.03. The van der Waals surface area contributed by atoms with Gasteiger partial charge in [-0.05, 0) is 37.1 Å². The molecule has 1 aliphatic rings. The van der Waals surface area contributed by atoms with Crippen LogP contribution in [0.15, 0.2) is 21.4 Å². The van der Waals surface area contributed by atoms with Gasteiger partial charge < -0.3 is 14.1 Å². The molecule has 1 aromatic carbocycles. The van der Waals surface area contributed by atoms with Gasteiger partial charge in [0.05, 0.1) is 12.0 Å². The highest BCUT2D eigenvalue weighted by atomic mass is 32.2. The molecule has 0 spiro atoms. The Hall–Kier alpha value is -2.13. The van der Waals surface area contributed by atoms with E-state index in [2.05, 4.69) is 10.2 Å². The zero-order valence-electron chi connectivity index (χ0n) is 15.5. The van der Waals surface area contributed by atoms with Gasteiger partial charge in [-0.2, -0.15) is 4.31 Å². The first-order chi connectivity index (χ1) is 12.4. The van der Waals surface area contributed by atoms with Crippen molar-refractivity contribution in [2.45, 2.75) is 32.1 Å². The number of anilines is 1. The van der Waals surface area contributed by atoms with Crippen LogP contribution in [0.4, 0.5) is 6.01 Å². The van der Waals surface area contributed by atoms with Crippen molar-refractivity contribution >= 4 is 16.0 Å². The topological polar surface area (TPSA) is 88.8 Å². The molecule has 0 aliphatic carbocycles. The summed E-state index contributed by atoms with van der Waals surface area (Å²) < 4.78 is 38.6. The minimum Gasteiger partial charge on any atom is -0.497 e. The van der Waals surface area contributed by atoms with Crippen molar-refractivity contribution < 1.29 is 17.6 Å². The van der Waals surface area contributed by atoms with Gasteiger partial charge in [0.25, 0.3) is 0 Å². The summed E-state index contributed by atoms with van der Waals surface area (Å²) >= 11 is 0. The standard InChI is InChI=1S/C17H24N4O4S/c1-5-15-18-19-17(25-15)20-6-8-21(9-7-20)26(22,23)16-12(2)10-14(24-4)11-13(16)3/h10-11H,5-9H2,1-4H3. The van der Waals surface area contributed by atoms with Gasteiger partial charge in [0.1, 0.15) is 5.75 Å². The average molecular weight is 380 g/mol. The molecular formula is C17H24N4O4S. The number of piperazine rings is 1. The molecule has 26 heavy (non-hydrogen) atoms. The van der Waals surface area contributed by atoms with E-state index < -0.39 is 10.0 Å². The van der Waals surface area contributed by atoms with Crippen LogP contribution in [0.3, 0.4) is 0 Å². The zero-order chi connectivity index (χ0) is 18.9. The Morgan fingerprint density at radius 3 is 2.23 bits per heavy atom. The third-order valence-electron chi connectivity index (χ3n) is 4.54. The summed E-state index contributed by atoms with van der Waals surface area (Å²) in [4.78, 5) is 2.28. The Labute approximate surface area is 153 Å². The molecule has 142 valence electrons. The van der Waals surface area contributed by atoms with E-state index in [-0.39, 0.29) is 0 Å². The molecule has 3 rings (SSSR count). The van der Waals surface area contributed by atoms with Crippen molar-refractivity contribution in [2.75, 3.05) is 38.2 Å². The summed E-state index contributed by atoms with van der Waals surface area (Å²) in [5.41, 5.74) is 1.38. The lowest BCUT2D eigenvalue weighted by Gasteiger charge is -2.33. The van der Waals surface area contributed by atoms with Crippen LogP contribution < -0.4 is 9.64 Å². The molecule has 1 aromatic heterocycles. The van der Waals surface area contributed by atoms with Crippen molar-refractivity contribution in [2.24, 2.45) is 0 Å². The molecule has 1 fully saturated rings. The van der Waals surface area contributed by atoms with Crippen molar-refractivity contribution in [3.63, 3.8) is 0 Å². The van der Waals surface area contributed by atoms with Gasteiger partial charge in [-0.1, -0.05) is 12.0 Å². The van der Waals surface area contributed by atoms with E-state index in [1.165, 1.54) is 4.31 Å². The third-order valence-corrected chi connectivity index (χ3v) is 6.74. The fourth-order valence-electron chi connectivity index (χ4n) is 3.20. The Morgan fingerprint density at radius 1 is 1.12 bits per heavy atom. The molecule has 2 aromatic rings. The Bertz CT molecular complexity index is 863. The third kappa shape index (κ3) is 3.41. The van der Waals surface area contributed by atoms with Gasteiger partial charge in [-0.15, -0.1) is 5.10 Å². The smallest absolute Gasteiger partial charge is 0.318 e. The summed E-state index contributed by atoms with van der Waals surface area (Å²) in [5.74, 6) is 1.24. The second-order valence-electron chi connectivity index (χ2n) is 6.31. The number of aryl methyl sites for hydroxylation is 3. The SMILES string of the molecule is CCc1nnc(N2CCN(S(=O)(=O)c3c(C)cc(OC)cc3C)CC2)o1. The maximum Gasteiger partial charge on any atom is 0.318 e. The Kier molecular flexibility index (Phi) is 5.19. The van der Waals surface area contributed by atoms with Gasteiger partial charge in [-0.25, -0.2) is 8.42 Å². The van der Waals surface area contributed by atoms with Crippen molar-refractivity contribution in [1.29, 1.82) is 0 Å². The monoisotopic (exact) mass is 380 g/mol. The van der Waals surface area contributed by atoms with Gasteiger partial charge in [0, 0.05) is 32.6 Å². The minimum atomic E-state index is -3.57. The largest absolute Gasteiger partial charge is 0.497 e. The fraction of sp³-hybridized carbons (Fsp3) is 0.529. The Morgan fingerprint density at radius 2 is 1.73 bits per heavy atom. The summed E-state index contributed by atoms with van der Waals surface area (Å²) in [6.07, 6.45) is 0.678. The van der Waals surface area contributed by atoms with E-state index in [9.17, 15) is 8.42 Å². The molecule has 0 bridgehead atoms. The summed E-state index contributed by atoms with van der Waals surface area (Å²) in [7, 11) is -2.00. The highest BCUT2D eigenvalue weighted by Gasteiger charge is 2.32. The second-order valence-corrected chi connectivity index (χ2v) is 8.19. The molecule has 1 aliphatic heterocycles. The lowest BCUT2D eigenvalue weighted by atomic mass is 10.1. The van der Waals surface area contributed by atoms with E-state index in [1.807, 2.05) is 11.8 Å². The molecule has 2 heterocycles. The maximum absolute atomic E-state index is 13.1. The highest BCUT2D eigenvalue weighted by molar-refractivity contribution is 7.89. The van der Waals surface area contributed by atoms with E-state index in [1.54, 1.807) is 33.1 Å². The second kappa shape index (κ2) is 7.24. The van der Waals surface area contributed by atoms with Crippen LogP contribution in [0.5, 0.6) is 5.75 Å². The van der Waals surface area contributed by atoms with E-state index >= 15 is 0 Å². The number of methoxy groups -OCH3 is 1. The maximum atomic E-state index is 13.1. The lowest BCUT2D eigenvalue weighted by Crippen LogP contribution is -2.49. The summed E-state index contributed by atoms with van der Waals surface area (Å²) in [6, 6.07) is 3.96. The molecule has 8 nitrogen and oxygen atoms in total. The molecule has 0 amide bonds. The van der Waals surface area contributed by atoms with Gasteiger partial charge in [0.2, 0.25) is 15.9 Å². The lowest BCUT2D eigenvalue weighted by molar-refractivity contribution is 0.368. The van der Waals surface area contributed by atoms with Crippen molar-refractivity contribution in [3.8, 4) is 5.75 Å². The van der Waals surface area contributed by atoms with E-state index in [4.69, 9.17) is 9.15 Å². The number of sulfonamides is 1. The molecule has 0 saturated carbocycles. The molecule has 0 unspecified atom stereocenters. The van der Waals surface area contributed by atoms with Crippen molar-refractivity contribution in [1.82, 2.24) is 14.5 Å². The quantitative estimate of drug-likeness (QED) is 0.781. The number of hydrogen-bond donors (Lipinski definition) is 0. The Balaban J connectivity index is 1.78. The number of ether oxygens (including phenoxy) is 1. The van der Waals surface area contributed by atoms with Crippen LogP contribution in [-0.4, -0.2) is 56.2 Å². The van der Waals surface area contributed by atoms with Crippen LogP contribution in [0.25, 0.3) is 0 Å². The molecule has 0 radical (unpaired) electrons. The molecule has 0 N–H and O–H groups in total. The van der Waals surface area contributed by atoms with Crippen LogP contribution in [0.2, 0.25) is 0 Å². The van der Waals surface area contributed by atoms with Crippen molar-refractivity contribution in [3.05, 3.63) is 29.2 Å². The van der Waals surface area contributed by atoms with Crippen LogP contribution in [-0.2, 0) is 16.4 Å². The summed E-state index contributed by atoms with van der Waals surface area (Å²) in [5, 5.41) is 7.99. The van der Waals surface area contributed by atoms with Crippen LogP contribution in [0.1, 0.15) is 23.9 Å². The first kappa shape index (κ1) is 18.7. The first-order valence-electron chi connectivity index (χ1n) is 8.59.